The SMILES string of the molecule is CCCc1nc(N)c(C)c(-c2ccc(C3CCC3)cc2)n1. The third-order valence-corrected chi connectivity index (χ3v) is 4.46. The van der Waals surface area contributed by atoms with Gasteiger partial charge in [-0.05, 0) is 37.7 Å². The largest absolute Gasteiger partial charge is 0.383 e. The highest BCUT2D eigenvalue weighted by atomic mass is 15.0. The number of rotatable bonds is 4. The molecule has 2 aromatic rings. The molecule has 21 heavy (non-hydrogen) atoms. The van der Waals surface area contributed by atoms with Gasteiger partial charge < -0.3 is 5.73 Å². The van der Waals surface area contributed by atoms with Gasteiger partial charge in [-0.2, -0.15) is 0 Å². The van der Waals surface area contributed by atoms with Gasteiger partial charge in [-0.25, -0.2) is 9.97 Å². The Labute approximate surface area is 126 Å². The molecule has 1 aliphatic carbocycles. The Morgan fingerprint density at radius 1 is 1.14 bits per heavy atom. The zero-order valence-corrected chi connectivity index (χ0v) is 12.9. The lowest BCUT2D eigenvalue weighted by Gasteiger charge is -2.25. The molecule has 0 spiro atoms. The van der Waals surface area contributed by atoms with Crippen LogP contribution >= 0.6 is 0 Å². The number of nitrogens with zero attached hydrogens (tertiary/aromatic N) is 2. The van der Waals surface area contributed by atoms with Gasteiger partial charge in [0.05, 0.1) is 5.69 Å². The quantitative estimate of drug-likeness (QED) is 0.911. The second kappa shape index (κ2) is 5.84. The molecule has 0 saturated heterocycles. The monoisotopic (exact) mass is 281 g/mol. The number of benzene rings is 1. The van der Waals surface area contributed by atoms with Gasteiger partial charge in [-0.1, -0.05) is 37.6 Å². The molecule has 3 heteroatoms. The first-order valence-corrected chi connectivity index (χ1v) is 7.92. The number of aromatic nitrogens is 2. The Balaban J connectivity index is 1.94. The van der Waals surface area contributed by atoms with E-state index in [4.69, 9.17) is 10.7 Å². The van der Waals surface area contributed by atoms with Crippen molar-refractivity contribution in [1.29, 1.82) is 0 Å². The van der Waals surface area contributed by atoms with Crippen LogP contribution in [0.15, 0.2) is 24.3 Å². The van der Waals surface area contributed by atoms with Crippen LogP contribution in [0.2, 0.25) is 0 Å². The van der Waals surface area contributed by atoms with Crippen molar-refractivity contribution < 1.29 is 0 Å². The molecule has 1 heterocycles. The lowest BCUT2D eigenvalue weighted by atomic mass is 9.80. The van der Waals surface area contributed by atoms with Crippen LogP contribution < -0.4 is 5.73 Å². The van der Waals surface area contributed by atoms with Gasteiger partial charge in [0.1, 0.15) is 11.6 Å². The lowest BCUT2D eigenvalue weighted by molar-refractivity contribution is 0.420. The summed E-state index contributed by atoms with van der Waals surface area (Å²) < 4.78 is 0. The molecular formula is C18H23N3. The smallest absolute Gasteiger partial charge is 0.131 e. The number of anilines is 1. The molecule has 3 rings (SSSR count). The van der Waals surface area contributed by atoms with Crippen LogP contribution in [0.1, 0.15) is 55.5 Å². The number of hydrogen-bond donors (Lipinski definition) is 1. The highest BCUT2D eigenvalue weighted by Crippen LogP contribution is 2.37. The first kappa shape index (κ1) is 14.1. The summed E-state index contributed by atoms with van der Waals surface area (Å²) in [5.74, 6) is 2.22. The predicted octanol–water partition coefficient (Wildman–Crippen LogP) is 4.25. The van der Waals surface area contributed by atoms with Gasteiger partial charge in [0, 0.05) is 17.5 Å². The molecule has 1 saturated carbocycles. The first-order chi connectivity index (χ1) is 10.2. The normalized spacial score (nSPS) is 15.0. The van der Waals surface area contributed by atoms with E-state index in [0.717, 1.165) is 41.4 Å². The van der Waals surface area contributed by atoms with Crippen molar-refractivity contribution in [2.75, 3.05) is 5.73 Å². The summed E-state index contributed by atoms with van der Waals surface area (Å²) in [6, 6.07) is 8.85. The van der Waals surface area contributed by atoms with Crippen molar-refractivity contribution in [2.24, 2.45) is 0 Å². The summed E-state index contributed by atoms with van der Waals surface area (Å²) in [5.41, 5.74) is 10.6. The van der Waals surface area contributed by atoms with Crippen LogP contribution in [0.5, 0.6) is 0 Å². The van der Waals surface area contributed by atoms with Crippen LogP contribution in [0, 0.1) is 6.92 Å². The molecule has 1 fully saturated rings. The van der Waals surface area contributed by atoms with E-state index in [1.807, 2.05) is 6.92 Å². The minimum atomic E-state index is 0.603. The van der Waals surface area contributed by atoms with Gasteiger partial charge in [0.15, 0.2) is 0 Å². The average molecular weight is 281 g/mol. The molecule has 0 atom stereocenters. The van der Waals surface area contributed by atoms with E-state index in [0.29, 0.717) is 5.82 Å². The first-order valence-electron chi connectivity index (χ1n) is 7.92. The number of nitrogen functional groups attached to an aromatic ring is 1. The summed E-state index contributed by atoms with van der Waals surface area (Å²) in [4.78, 5) is 9.09. The molecule has 0 bridgehead atoms. The Bertz CT molecular complexity index is 628. The molecule has 0 unspecified atom stereocenters. The molecule has 1 aromatic heterocycles. The van der Waals surface area contributed by atoms with E-state index in [1.54, 1.807) is 0 Å². The molecule has 1 aromatic carbocycles. The molecule has 0 aliphatic heterocycles. The maximum absolute atomic E-state index is 6.05. The molecule has 1 aliphatic rings. The van der Waals surface area contributed by atoms with Crippen LogP contribution in [-0.4, -0.2) is 9.97 Å². The maximum atomic E-state index is 6.05. The molecule has 3 nitrogen and oxygen atoms in total. The zero-order valence-electron chi connectivity index (χ0n) is 12.9. The summed E-state index contributed by atoms with van der Waals surface area (Å²) in [7, 11) is 0. The molecule has 2 N–H and O–H groups in total. The van der Waals surface area contributed by atoms with Gasteiger partial charge in [-0.3, -0.25) is 0 Å². The van der Waals surface area contributed by atoms with Crippen LogP contribution in [-0.2, 0) is 6.42 Å². The summed E-state index contributed by atoms with van der Waals surface area (Å²) in [6.45, 7) is 4.13. The maximum Gasteiger partial charge on any atom is 0.131 e. The van der Waals surface area contributed by atoms with Gasteiger partial charge in [0.25, 0.3) is 0 Å². The number of aryl methyl sites for hydroxylation is 1. The van der Waals surface area contributed by atoms with Crippen molar-refractivity contribution >= 4 is 5.82 Å². The van der Waals surface area contributed by atoms with E-state index < -0.39 is 0 Å². The van der Waals surface area contributed by atoms with E-state index in [2.05, 4.69) is 36.2 Å². The summed E-state index contributed by atoms with van der Waals surface area (Å²) >= 11 is 0. The standard InChI is InChI=1S/C18H23N3/c1-3-5-16-20-17(12(2)18(19)21-16)15-10-8-14(9-11-15)13-6-4-7-13/h8-11,13H,3-7H2,1-2H3,(H2,19,20,21). The fourth-order valence-electron chi connectivity index (χ4n) is 2.85. The predicted molar refractivity (Wildman–Crippen MR) is 87.2 cm³/mol. The zero-order chi connectivity index (χ0) is 14.8. The van der Waals surface area contributed by atoms with Crippen LogP contribution in [0.4, 0.5) is 5.82 Å². The Hall–Kier alpha value is -1.90. The molecular weight excluding hydrogens is 258 g/mol. The van der Waals surface area contributed by atoms with Gasteiger partial charge in [0.2, 0.25) is 0 Å². The molecule has 110 valence electrons. The van der Waals surface area contributed by atoms with Gasteiger partial charge >= 0.3 is 0 Å². The van der Waals surface area contributed by atoms with Crippen molar-refractivity contribution in [1.82, 2.24) is 9.97 Å². The van der Waals surface area contributed by atoms with Crippen molar-refractivity contribution in [3.63, 3.8) is 0 Å². The fraction of sp³-hybridized carbons (Fsp3) is 0.444. The Morgan fingerprint density at radius 3 is 2.43 bits per heavy atom. The minimum absolute atomic E-state index is 0.603. The third kappa shape index (κ3) is 2.78. The molecule has 0 amide bonds. The second-order valence-corrected chi connectivity index (χ2v) is 6.00. The fourth-order valence-corrected chi connectivity index (χ4v) is 2.85. The molecule has 0 radical (unpaired) electrons. The highest BCUT2D eigenvalue weighted by molar-refractivity contribution is 5.67. The van der Waals surface area contributed by atoms with E-state index in [9.17, 15) is 0 Å². The van der Waals surface area contributed by atoms with Crippen LogP contribution in [0.25, 0.3) is 11.3 Å². The second-order valence-electron chi connectivity index (χ2n) is 6.00. The lowest BCUT2D eigenvalue weighted by Crippen LogP contribution is -2.08. The highest BCUT2D eigenvalue weighted by Gasteiger charge is 2.19. The van der Waals surface area contributed by atoms with Gasteiger partial charge in [-0.15, -0.1) is 0 Å². The summed E-state index contributed by atoms with van der Waals surface area (Å²) in [6.07, 6.45) is 5.94. The van der Waals surface area contributed by atoms with E-state index >= 15 is 0 Å². The van der Waals surface area contributed by atoms with Crippen LogP contribution in [0.3, 0.4) is 0 Å². The van der Waals surface area contributed by atoms with Crippen molar-refractivity contribution in [3.05, 3.63) is 41.2 Å². The topological polar surface area (TPSA) is 51.8 Å². The number of nitrogens with two attached hydrogens (primary N) is 1. The Kier molecular flexibility index (Phi) is 3.91. The van der Waals surface area contributed by atoms with E-state index in [-0.39, 0.29) is 0 Å². The van der Waals surface area contributed by atoms with Crippen molar-refractivity contribution in [2.45, 2.75) is 51.9 Å². The number of hydrogen-bond acceptors (Lipinski definition) is 3. The third-order valence-electron chi connectivity index (χ3n) is 4.46. The van der Waals surface area contributed by atoms with E-state index in [1.165, 1.54) is 24.8 Å². The minimum Gasteiger partial charge on any atom is -0.383 e. The van der Waals surface area contributed by atoms with Crippen molar-refractivity contribution in [3.8, 4) is 11.3 Å². The average Bonchev–Trinajstić information content (AvgIpc) is 2.42. The Morgan fingerprint density at radius 2 is 1.86 bits per heavy atom. The summed E-state index contributed by atoms with van der Waals surface area (Å²) in [5, 5.41) is 0.